The zero-order chi connectivity index (χ0) is 12.4. The normalized spacial score (nSPS) is 13.1. The molecule has 1 rings (SSSR count). The third-order valence-corrected chi connectivity index (χ3v) is 3.67. The predicted octanol–water partition coefficient (Wildman–Crippen LogP) is 4.18. The molecule has 2 nitrogen and oxygen atoms in total. The Morgan fingerprint density at radius 3 is 2.25 bits per heavy atom. The maximum Gasteiger partial charge on any atom is 0.112 e. The number of aromatic amines is 1. The highest BCUT2D eigenvalue weighted by atomic mass is 14.9. The van der Waals surface area contributed by atoms with Crippen LogP contribution in [0.25, 0.3) is 0 Å². The molecule has 0 spiro atoms. The summed E-state index contributed by atoms with van der Waals surface area (Å²) in [4.78, 5) is 8.14. The smallest absolute Gasteiger partial charge is 0.112 e. The van der Waals surface area contributed by atoms with Crippen molar-refractivity contribution in [1.29, 1.82) is 0 Å². The van der Waals surface area contributed by atoms with E-state index in [1.807, 2.05) is 0 Å². The fourth-order valence-electron chi connectivity index (χ4n) is 1.94. The summed E-state index contributed by atoms with van der Waals surface area (Å²) < 4.78 is 0. The molecule has 0 aliphatic heterocycles. The summed E-state index contributed by atoms with van der Waals surface area (Å²) in [5, 5.41) is 0. The summed E-state index contributed by atoms with van der Waals surface area (Å²) in [5.74, 6) is 1.12. The van der Waals surface area contributed by atoms with Gasteiger partial charge in [-0.25, -0.2) is 4.98 Å². The van der Waals surface area contributed by atoms with E-state index in [9.17, 15) is 0 Å². The molecule has 0 amide bonds. The van der Waals surface area contributed by atoms with Crippen molar-refractivity contribution in [3.63, 3.8) is 0 Å². The number of hydrogen-bond donors (Lipinski definition) is 1. The van der Waals surface area contributed by atoms with E-state index < -0.39 is 0 Å². The summed E-state index contributed by atoms with van der Waals surface area (Å²) in [6.45, 7) is 13.5. The van der Waals surface area contributed by atoms with Crippen molar-refractivity contribution in [3.8, 4) is 0 Å². The molecule has 92 valence electrons. The Bertz CT molecular complexity index is 334. The van der Waals surface area contributed by atoms with Gasteiger partial charge in [-0.05, 0) is 12.8 Å². The number of H-pyrrole nitrogens is 1. The van der Waals surface area contributed by atoms with Gasteiger partial charge in [0, 0.05) is 17.0 Å². The van der Waals surface area contributed by atoms with Gasteiger partial charge in [-0.15, -0.1) is 0 Å². The molecule has 0 aliphatic carbocycles. The second-order valence-corrected chi connectivity index (χ2v) is 6.01. The van der Waals surface area contributed by atoms with Crippen molar-refractivity contribution in [2.24, 2.45) is 0 Å². The minimum atomic E-state index is 0.153. The summed E-state index contributed by atoms with van der Waals surface area (Å²) in [5.41, 5.74) is 1.54. The first kappa shape index (κ1) is 13.3. The lowest BCUT2D eigenvalue weighted by molar-refractivity contribution is 0.448. The highest BCUT2D eigenvalue weighted by Gasteiger charge is 2.27. The first-order valence-corrected chi connectivity index (χ1v) is 6.40. The van der Waals surface area contributed by atoms with Gasteiger partial charge in [-0.1, -0.05) is 48.0 Å². The second-order valence-electron chi connectivity index (χ2n) is 6.01. The lowest BCUT2D eigenvalue weighted by atomic mass is 9.85. The lowest BCUT2D eigenvalue weighted by Crippen LogP contribution is -2.20. The van der Waals surface area contributed by atoms with E-state index in [2.05, 4.69) is 52.7 Å². The van der Waals surface area contributed by atoms with Gasteiger partial charge in [0.2, 0.25) is 0 Å². The highest BCUT2D eigenvalue weighted by molar-refractivity contribution is 5.16. The minimum Gasteiger partial charge on any atom is -0.348 e. The van der Waals surface area contributed by atoms with Crippen LogP contribution in [-0.4, -0.2) is 9.97 Å². The monoisotopic (exact) mass is 222 g/mol. The third kappa shape index (κ3) is 2.66. The van der Waals surface area contributed by atoms with Gasteiger partial charge in [0.1, 0.15) is 5.82 Å². The van der Waals surface area contributed by atoms with Crippen LogP contribution in [0.15, 0.2) is 6.20 Å². The Kier molecular flexibility index (Phi) is 3.82. The predicted molar refractivity (Wildman–Crippen MR) is 69.8 cm³/mol. The molecule has 0 unspecified atom stereocenters. The summed E-state index contributed by atoms with van der Waals surface area (Å²) in [7, 11) is 0. The Morgan fingerprint density at radius 2 is 1.75 bits per heavy atom. The number of nitrogens with zero attached hydrogens (tertiary/aromatic N) is 1. The quantitative estimate of drug-likeness (QED) is 0.795. The fraction of sp³-hybridized carbons (Fsp3) is 0.786. The molecule has 0 aromatic carbocycles. The van der Waals surface area contributed by atoms with Crippen LogP contribution in [0, 0.1) is 0 Å². The zero-order valence-electron chi connectivity index (χ0n) is 11.6. The fourth-order valence-corrected chi connectivity index (χ4v) is 1.94. The molecule has 0 saturated carbocycles. The number of imidazole rings is 1. The molecular formula is C14H26N2. The van der Waals surface area contributed by atoms with E-state index in [0.29, 0.717) is 0 Å². The topological polar surface area (TPSA) is 28.7 Å². The van der Waals surface area contributed by atoms with Crippen LogP contribution in [0.4, 0.5) is 0 Å². The van der Waals surface area contributed by atoms with Gasteiger partial charge in [0.15, 0.2) is 0 Å². The van der Waals surface area contributed by atoms with Crippen LogP contribution in [0.1, 0.15) is 72.3 Å². The van der Waals surface area contributed by atoms with Crippen LogP contribution in [0.3, 0.4) is 0 Å². The van der Waals surface area contributed by atoms with Crippen molar-refractivity contribution in [2.75, 3.05) is 0 Å². The molecule has 1 heterocycles. The van der Waals surface area contributed by atoms with Crippen LogP contribution in [0.2, 0.25) is 0 Å². The first-order chi connectivity index (χ1) is 7.33. The summed E-state index contributed by atoms with van der Waals surface area (Å²) >= 11 is 0. The lowest BCUT2D eigenvalue weighted by Gasteiger charge is -2.22. The van der Waals surface area contributed by atoms with Crippen molar-refractivity contribution in [2.45, 2.75) is 71.6 Å². The van der Waals surface area contributed by atoms with Crippen LogP contribution in [0.5, 0.6) is 0 Å². The number of nitrogens with one attached hydrogen (secondary N) is 1. The minimum absolute atomic E-state index is 0.153. The average Bonchev–Trinajstić information content (AvgIpc) is 2.67. The Morgan fingerprint density at radius 1 is 1.12 bits per heavy atom. The average molecular weight is 222 g/mol. The molecule has 1 N–H and O–H groups in total. The van der Waals surface area contributed by atoms with E-state index in [-0.39, 0.29) is 10.8 Å². The SMILES string of the molecule is CCCC(C)(C)c1c[nH]c(C(C)(C)CC)n1. The van der Waals surface area contributed by atoms with Gasteiger partial charge in [0.25, 0.3) is 0 Å². The van der Waals surface area contributed by atoms with E-state index in [0.717, 1.165) is 12.2 Å². The molecule has 0 saturated heterocycles. The number of aromatic nitrogens is 2. The molecular weight excluding hydrogens is 196 g/mol. The number of rotatable bonds is 5. The van der Waals surface area contributed by atoms with Crippen LogP contribution >= 0.6 is 0 Å². The number of hydrogen-bond acceptors (Lipinski definition) is 1. The molecule has 0 radical (unpaired) electrons. The maximum absolute atomic E-state index is 4.79. The van der Waals surface area contributed by atoms with Gasteiger partial charge < -0.3 is 4.98 Å². The second kappa shape index (κ2) is 4.60. The molecule has 0 bridgehead atoms. The molecule has 16 heavy (non-hydrogen) atoms. The van der Waals surface area contributed by atoms with Crippen LogP contribution < -0.4 is 0 Å². The Balaban J connectivity index is 2.95. The summed E-state index contributed by atoms with van der Waals surface area (Å²) in [6.07, 6.45) is 5.58. The molecule has 2 heteroatoms. The van der Waals surface area contributed by atoms with Crippen molar-refractivity contribution >= 4 is 0 Å². The highest BCUT2D eigenvalue weighted by Crippen LogP contribution is 2.30. The van der Waals surface area contributed by atoms with Gasteiger partial charge in [0.05, 0.1) is 5.69 Å². The first-order valence-electron chi connectivity index (χ1n) is 6.40. The molecule has 0 atom stereocenters. The van der Waals surface area contributed by atoms with E-state index in [1.54, 1.807) is 0 Å². The van der Waals surface area contributed by atoms with Gasteiger partial charge in [-0.3, -0.25) is 0 Å². The largest absolute Gasteiger partial charge is 0.348 e. The van der Waals surface area contributed by atoms with Crippen molar-refractivity contribution in [3.05, 3.63) is 17.7 Å². The van der Waals surface area contributed by atoms with E-state index >= 15 is 0 Å². The van der Waals surface area contributed by atoms with Gasteiger partial charge in [-0.2, -0.15) is 0 Å². The Labute approximate surface area is 99.9 Å². The third-order valence-electron chi connectivity index (χ3n) is 3.67. The molecule has 1 aromatic rings. The molecule has 0 fully saturated rings. The van der Waals surface area contributed by atoms with Crippen molar-refractivity contribution < 1.29 is 0 Å². The van der Waals surface area contributed by atoms with Gasteiger partial charge >= 0.3 is 0 Å². The van der Waals surface area contributed by atoms with Crippen LogP contribution in [-0.2, 0) is 10.8 Å². The molecule has 0 aliphatic rings. The standard InChI is InChI=1S/C14H26N2/c1-7-9-14(5,6)11-10-15-12(16-11)13(3,4)8-2/h10H,7-9H2,1-6H3,(H,15,16). The molecule has 1 aromatic heterocycles. The zero-order valence-corrected chi connectivity index (χ0v) is 11.6. The van der Waals surface area contributed by atoms with E-state index in [1.165, 1.54) is 18.5 Å². The summed E-state index contributed by atoms with van der Waals surface area (Å²) in [6, 6.07) is 0. The van der Waals surface area contributed by atoms with Crippen molar-refractivity contribution in [1.82, 2.24) is 9.97 Å². The maximum atomic E-state index is 4.79. The van der Waals surface area contributed by atoms with E-state index in [4.69, 9.17) is 4.98 Å². The Hall–Kier alpha value is -0.790.